The normalized spacial score (nSPS) is 27.7. The Balaban J connectivity index is 1.78. The summed E-state index contributed by atoms with van der Waals surface area (Å²) < 4.78 is 0. The topological polar surface area (TPSA) is 26.0 Å². The molecule has 0 atom stereocenters. The molecule has 3 rings (SSSR count). The summed E-state index contributed by atoms with van der Waals surface area (Å²) in [6, 6.07) is 15.2. The van der Waals surface area contributed by atoms with E-state index in [4.69, 9.17) is 5.73 Å². The lowest BCUT2D eigenvalue weighted by molar-refractivity contribution is 0.214. The van der Waals surface area contributed by atoms with Crippen molar-refractivity contribution in [3.8, 4) is 0 Å². The van der Waals surface area contributed by atoms with Gasteiger partial charge in [0, 0.05) is 16.8 Å². The fourth-order valence-corrected chi connectivity index (χ4v) is 3.85. The molecular weight excluding hydrogens is 226 g/mol. The van der Waals surface area contributed by atoms with E-state index in [1.165, 1.54) is 23.3 Å². The molecule has 1 heterocycles. The van der Waals surface area contributed by atoms with Crippen LogP contribution in [0.15, 0.2) is 47.8 Å². The second-order valence-electron chi connectivity index (χ2n) is 4.98. The summed E-state index contributed by atoms with van der Waals surface area (Å²) in [5.41, 5.74) is 7.73. The number of benzene rings is 1. The highest BCUT2D eigenvalue weighted by Gasteiger charge is 2.45. The molecule has 2 N–H and O–H groups in total. The van der Waals surface area contributed by atoms with Gasteiger partial charge in [0.1, 0.15) is 0 Å². The molecule has 0 spiro atoms. The molecule has 1 saturated carbocycles. The summed E-state index contributed by atoms with van der Waals surface area (Å²) >= 11 is 1.85. The van der Waals surface area contributed by atoms with E-state index in [0.29, 0.717) is 5.92 Å². The molecule has 0 radical (unpaired) electrons. The highest BCUT2D eigenvalue weighted by atomic mass is 32.1. The Bertz CT molecular complexity index is 469. The van der Waals surface area contributed by atoms with E-state index in [2.05, 4.69) is 47.8 Å². The smallest absolute Gasteiger partial charge is 0.0181 e. The number of rotatable bonds is 3. The average molecular weight is 243 g/mol. The minimum absolute atomic E-state index is 0.259. The maximum atomic E-state index is 6.01. The van der Waals surface area contributed by atoms with Crippen molar-refractivity contribution in [1.82, 2.24) is 0 Å². The predicted octanol–water partition coefficient (Wildman–Crippen LogP) is 3.52. The first-order valence-electron chi connectivity index (χ1n) is 6.13. The molecule has 0 unspecified atom stereocenters. The Kier molecular flexibility index (Phi) is 2.77. The minimum Gasteiger partial charge on any atom is -0.330 e. The lowest BCUT2D eigenvalue weighted by Gasteiger charge is -2.47. The SMILES string of the molecule is NCC1(c2cccs2)CC(c2ccccc2)C1. The van der Waals surface area contributed by atoms with Crippen LogP contribution in [0.3, 0.4) is 0 Å². The number of thiophene rings is 1. The average Bonchev–Trinajstić information content (AvgIpc) is 2.84. The summed E-state index contributed by atoms with van der Waals surface area (Å²) in [7, 11) is 0. The van der Waals surface area contributed by atoms with E-state index in [0.717, 1.165) is 6.54 Å². The molecule has 0 saturated heterocycles. The molecule has 1 aliphatic rings. The van der Waals surface area contributed by atoms with Gasteiger partial charge in [0.15, 0.2) is 0 Å². The molecule has 2 aromatic rings. The summed E-state index contributed by atoms with van der Waals surface area (Å²) in [6.07, 6.45) is 2.40. The molecule has 0 aliphatic heterocycles. The third-order valence-corrected chi connectivity index (χ3v) is 5.10. The van der Waals surface area contributed by atoms with Gasteiger partial charge in [-0.2, -0.15) is 0 Å². The van der Waals surface area contributed by atoms with Crippen LogP contribution in [0.2, 0.25) is 0 Å². The van der Waals surface area contributed by atoms with Crippen molar-refractivity contribution in [2.45, 2.75) is 24.2 Å². The van der Waals surface area contributed by atoms with Crippen molar-refractivity contribution < 1.29 is 0 Å². The zero-order chi connectivity index (χ0) is 11.7. The zero-order valence-corrected chi connectivity index (χ0v) is 10.6. The van der Waals surface area contributed by atoms with Crippen LogP contribution in [0.1, 0.15) is 29.2 Å². The van der Waals surface area contributed by atoms with Crippen LogP contribution >= 0.6 is 11.3 Å². The molecule has 0 amide bonds. The van der Waals surface area contributed by atoms with E-state index < -0.39 is 0 Å². The van der Waals surface area contributed by atoms with Crippen molar-refractivity contribution in [2.75, 3.05) is 6.54 Å². The third-order valence-electron chi connectivity index (χ3n) is 3.98. The standard InChI is InChI=1S/C15H17NS/c16-11-15(14-7-4-8-17-14)9-13(10-15)12-5-2-1-3-6-12/h1-8,13H,9-11,16H2. The van der Waals surface area contributed by atoms with Crippen LogP contribution < -0.4 is 5.73 Å². The van der Waals surface area contributed by atoms with Gasteiger partial charge in [-0.25, -0.2) is 0 Å². The van der Waals surface area contributed by atoms with Crippen molar-refractivity contribution >= 4 is 11.3 Å². The molecule has 1 aromatic heterocycles. The third kappa shape index (κ3) is 1.81. The number of hydrogen-bond donors (Lipinski definition) is 1. The lowest BCUT2D eigenvalue weighted by Crippen LogP contribution is -2.45. The van der Waals surface area contributed by atoms with Gasteiger partial charge < -0.3 is 5.73 Å². The molecule has 17 heavy (non-hydrogen) atoms. The predicted molar refractivity (Wildman–Crippen MR) is 73.5 cm³/mol. The summed E-state index contributed by atoms with van der Waals surface area (Å²) in [4.78, 5) is 1.46. The van der Waals surface area contributed by atoms with Crippen LogP contribution in [0.25, 0.3) is 0 Å². The lowest BCUT2D eigenvalue weighted by atomic mass is 9.59. The summed E-state index contributed by atoms with van der Waals surface area (Å²) in [5, 5.41) is 2.16. The van der Waals surface area contributed by atoms with Crippen LogP contribution in [-0.4, -0.2) is 6.54 Å². The Morgan fingerprint density at radius 3 is 2.47 bits per heavy atom. The van der Waals surface area contributed by atoms with Crippen molar-refractivity contribution in [3.63, 3.8) is 0 Å². The number of nitrogens with two attached hydrogens (primary N) is 1. The van der Waals surface area contributed by atoms with Gasteiger partial charge in [-0.1, -0.05) is 36.4 Å². The van der Waals surface area contributed by atoms with E-state index in [9.17, 15) is 0 Å². The van der Waals surface area contributed by atoms with Crippen LogP contribution in [-0.2, 0) is 5.41 Å². The Labute approximate surface area is 106 Å². The molecule has 0 bridgehead atoms. The first-order valence-corrected chi connectivity index (χ1v) is 7.01. The van der Waals surface area contributed by atoms with Crippen molar-refractivity contribution in [1.29, 1.82) is 0 Å². The maximum absolute atomic E-state index is 6.01. The molecular formula is C15H17NS. The van der Waals surface area contributed by atoms with E-state index >= 15 is 0 Å². The first kappa shape index (κ1) is 11.0. The van der Waals surface area contributed by atoms with E-state index in [1.807, 2.05) is 11.3 Å². The molecule has 88 valence electrons. The fourth-order valence-electron chi connectivity index (χ4n) is 2.89. The number of hydrogen-bond acceptors (Lipinski definition) is 2. The summed E-state index contributed by atoms with van der Waals surface area (Å²) in [6.45, 7) is 0.775. The van der Waals surface area contributed by atoms with E-state index in [-0.39, 0.29) is 5.41 Å². The molecule has 2 heteroatoms. The fraction of sp³-hybridized carbons (Fsp3) is 0.333. The largest absolute Gasteiger partial charge is 0.330 e. The van der Waals surface area contributed by atoms with Gasteiger partial charge >= 0.3 is 0 Å². The molecule has 1 aliphatic carbocycles. The van der Waals surface area contributed by atoms with Gasteiger partial charge in [-0.3, -0.25) is 0 Å². The van der Waals surface area contributed by atoms with Crippen LogP contribution in [0.5, 0.6) is 0 Å². The van der Waals surface area contributed by atoms with Crippen molar-refractivity contribution in [2.24, 2.45) is 5.73 Å². The second-order valence-corrected chi connectivity index (χ2v) is 5.93. The van der Waals surface area contributed by atoms with Gasteiger partial charge in [0.25, 0.3) is 0 Å². The van der Waals surface area contributed by atoms with E-state index in [1.54, 1.807) is 0 Å². The Morgan fingerprint density at radius 2 is 1.88 bits per heavy atom. The Morgan fingerprint density at radius 1 is 1.12 bits per heavy atom. The van der Waals surface area contributed by atoms with Gasteiger partial charge in [-0.05, 0) is 35.8 Å². The minimum atomic E-state index is 0.259. The maximum Gasteiger partial charge on any atom is 0.0181 e. The first-order chi connectivity index (χ1) is 8.34. The highest BCUT2D eigenvalue weighted by molar-refractivity contribution is 7.10. The highest BCUT2D eigenvalue weighted by Crippen LogP contribution is 2.53. The monoisotopic (exact) mass is 243 g/mol. The zero-order valence-electron chi connectivity index (χ0n) is 9.80. The Hall–Kier alpha value is -1.12. The molecule has 1 aromatic carbocycles. The van der Waals surface area contributed by atoms with Gasteiger partial charge in [-0.15, -0.1) is 11.3 Å². The van der Waals surface area contributed by atoms with Gasteiger partial charge in [0.05, 0.1) is 0 Å². The van der Waals surface area contributed by atoms with Crippen molar-refractivity contribution in [3.05, 3.63) is 58.3 Å². The van der Waals surface area contributed by atoms with Crippen LogP contribution in [0.4, 0.5) is 0 Å². The quantitative estimate of drug-likeness (QED) is 0.877. The second kappa shape index (κ2) is 4.28. The summed E-state index contributed by atoms with van der Waals surface area (Å²) in [5.74, 6) is 0.696. The molecule has 1 nitrogen and oxygen atoms in total. The molecule has 1 fully saturated rings. The van der Waals surface area contributed by atoms with Gasteiger partial charge in [0.2, 0.25) is 0 Å². The van der Waals surface area contributed by atoms with Crippen LogP contribution in [0, 0.1) is 0 Å².